The number of amides is 1. The number of methoxy groups -OCH3 is 1. The molecule has 3 heterocycles. The lowest BCUT2D eigenvalue weighted by Crippen LogP contribution is -2.44. The van der Waals surface area contributed by atoms with Crippen LogP contribution in [0.15, 0.2) is 84.0 Å². The van der Waals surface area contributed by atoms with Gasteiger partial charge in [0.05, 0.1) is 18.4 Å². The lowest BCUT2D eigenvalue weighted by Gasteiger charge is -2.32. The predicted octanol–water partition coefficient (Wildman–Crippen LogP) is 5.03. The summed E-state index contributed by atoms with van der Waals surface area (Å²) in [6.45, 7) is 2.77. The maximum Gasteiger partial charge on any atom is 0.252 e. The monoisotopic (exact) mass is 486 g/mol. The van der Waals surface area contributed by atoms with E-state index in [1.165, 1.54) is 5.56 Å². The number of pyridine rings is 1. The van der Waals surface area contributed by atoms with Gasteiger partial charge in [0.15, 0.2) is 0 Å². The Morgan fingerprint density at radius 3 is 2.66 bits per heavy atom. The number of imidazole rings is 1. The fourth-order valence-electron chi connectivity index (χ4n) is 4.56. The average Bonchev–Trinajstić information content (AvgIpc) is 3.32. The molecule has 2 aromatic heterocycles. The number of hydrogen-bond acceptors (Lipinski definition) is 5. The molecule has 35 heavy (non-hydrogen) atoms. The Morgan fingerprint density at radius 1 is 1.06 bits per heavy atom. The van der Waals surface area contributed by atoms with E-state index < -0.39 is 0 Å². The number of ether oxygens (including phenoxy) is 1. The normalized spacial score (nSPS) is 14.8. The summed E-state index contributed by atoms with van der Waals surface area (Å²) in [4.78, 5) is 21.3. The molecule has 180 valence electrons. The summed E-state index contributed by atoms with van der Waals surface area (Å²) in [5.41, 5.74) is 3.87. The number of likely N-dealkylation sites (tertiary alicyclic amines) is 1. The number of aromatic nitrogens is 2. The van der Waals surface area contributed by atoms with Gasteiger partial charge in [0.1, 0.15) is 11.4 Å². The number of nitrogens with one attached hydrogen (secondary N) is 1. The molecule has 1 amide bonds. The summed E-state index contributed by atoms with van der Waals surface area (Å²) < 4.78 is 7.52. The van der Waals surface area contributed by atoms with E-state index in [1.807, 2.05) is 71.4 Å². The zero-order valence-corrected chi connectivity index (χ0v) is 20.7. The van der Waals surface area contributed by atoms with Crippen molar-refractivity contribution in [3.05, 3.63) is 95.9 Å². The standard InChI is InChI=1S/C28H30N4O2S/c1-34-25-10-4-2-8-21(25)18-31-16-13-22(14-17-31)30-28(33)24-9-3-5-11-26(24)35-20-23-19-32-15-7-6-12-27(32)29-23/h2-12,15,19,22H,13-14,16-18,20H2,1H3,(H,30,33). The van der Waals surface area contributed by atoms with Crippen LogP contribution in [-0.2, 0) is 12.3 Å². The number of carbonyl (C=O) groups excluding carboxylic acids is 1. The molecule has 0 unspecified atom stereocenters. The van der Waals surface area contributed by atoms with E-state index >= 15 is 0 Å². The van der Waals surface area contributed by atoms with E-state index in [-0.39, 0.29) is 11.9 Å². The van der Waals surface area contributed by atoms with E-state index in [0.717, 1.165) is 60.0 Å². The van der Waals surface area contributed by atoms with Crippen molar-refractivity contribution in [2.45, 2.75) is 36.1 Å². The first-order valence-electron chi connectivity index (χ1n) is 12.0. The van der Waals surface area contributed by atoms with Gasteiger partial charge >= 0.3 is 0 Å². The largest absolute Gasteiger partial charge is 0.496 e. The predicted molar refractivity (Wildman–Crippen MR) is 140 cm³/mol. The molecular formula is C28H30N4O2S. The van der Waals surface area contributed by atoms with E-state index in [4.69, 9.17) is 4.74 Å². The van der Waals surface area contributed by atoms with Crippen LogP contribution in [0, 0.1) is 0 Å². The van der Waals surface area contributed by atoms with Gasteiger partial charge in [-0.05, 0) is 43.2 Å². The van der Waals surface area contributed by atoms with Crippen LogP contribution in [0.4, 0.5) is 0 Å². The Bertz CT molecular complexity index is 1260. The third-order valence-electron chi connectivity index (χ3n) is 6.43. The van der Waals surface area contributed by atoms with Crippen molar-refractivity contribution in [2.75, 3.05) is 20.2 Å². The zero-order valence-electron chi connectivity index (χ0n) is 19.9. The Labute approximate surface area is 210 Å². The summed E-state index contributed by atoms with van der Waals surface area (Å²) in [6.07, 6.45) is 5.93. The van der Waals surface area contributed by atoms with Crippen molar-refractivity contribution in [3.63, 3.8) is 0 Å². The molecule has 0 aliphatic carbocycles. The number of benzene rings is 2. The van der Waals surface area contributed by atoms with Crippen LogP contribution in [0.2, 0.25) is 0 Å². The molecule has 0 radical (unpaired) electrons. The van der Waals surface area contributed by atoms with Crippen molar-refractivity contribution in [1.29, 1.82) is 0 Å². The number of hydrogen-bond donors (Lipinski definition) is 1. The van der Waals surface area contributed by atoms with E-state index in [9.17, 15) is 4.79 Å². The van der Waals surface area contributed by atoms with Crippen LogP contribution in [-0.4, -0.2) is 46.4 Å². The SMILES string of the molecule is COc1ccccc1CN1CCC(NC(=O)c2ccccc2SCc2cn3ccccc3n2)CC1. The van der Waals surface area contributed by atoms with Crippen LogP contribution in [0.25, 0.3) is 5.65 Å². The highest BCUT2D eigenvalue weighted by molar-refractivity contribution is 7.98. The number of rotatable bonds is 8. The zero-order chi connectivity index (χ0) is 24.0. The third kappa shape index (κ3) is 5.69. The molecule has 0 saturated carbocycles. The highest BCUT2D eigenvalue weighted by Gasteiger charge is 2.23. The van der Waals surface area contributed by atoms with Gasteiger partial charge in [0.25, 0.3) is 5.91 Å². The molecule has 4 aromatic rings. The molecule has 1 N–H and O–H groups in total. The van der Waals surface area contributed by atoms with E-state index in [1.54, 1.807) is 18.9 Å². The highest BCUT2D eigenvalue weighted by Crippen LogP contribution is 2.27. The second kappa shape index (κ2) is 11.0. The molecule has 1 saturated heterocycles. The second-order valence-electron chi connectivity index (χ2n) is 8.82. The van der Waals surface area contributed by atoms with Crippen LogP contribution in [0.5, 0.6) is 5.75 Å². The molecule has 7 heteroatoms. The lowest BCUT2D eigenvalue weighted by atomic mass is 10.0. The molecule has 1 aliphatic rings. The van der Waals surface area contributed by atoms with E-state index in [2.05, 4.69) is 27.3 Å². The first-order valence-corrected chi connectivity index (χ1v) is 13.0. The van der Waals surface area contributed by atoms with Crippen molar-refractivity contribution in [1.82, 2.24) is 19.6 Å². The Hall–Kier alpha value is -3.29. The first kappa shape index (κ1) is 23.5. The van der Waals surface area contributed by atoms with Crippen molar-refractivity contribution in [3.8, 4) is 5.75 Å². The van der Waals surface area contributed by atoms with Gasteiger partial charge < -0.3 is 14.5 Å². The molecule has 0 bridgehead atoms. The van der Waals surface area contributed by atoms with Crippen molar-refractivity contribution < 1.29 is 9.53 Å². The number of nitrogens with zero attached hydrogens (tertiary/aromatic N) is 3. The third-order valence-corrected chi connectivity index (χ3v) is 7.54. The Balaban J connectivity index is 1.16. The molecule has 6 nitrogen and oxygen atoms in total. The van der Waals surface area contributed by atoms with Gasteiger partial charge in [-0.2, -0.15) is 0 Å². The minimum absolute atomic E-state index is 0.00581. The summed E-state index contributed by atoms with van der Waals surface area (Å²) >= 11 is 1.65. The minimum Gasteiger partial charge on any atom is -0.496 e. The topological polar surface area (TPSA) is 58.9 Å². The van der Waals surface area contributed by atoms with Gasteiger partial charge in [-0.15, -0.1) is 11.8 Å². The number of fused-ring (bicyclic) bond motifs is 1. The summed E-state index contributed by atoms with van der Waals surface area (Å²) in [5.74, 6) is 1.65. The molecule has 1 fully saturated rings. The smallest absolute Gasteiger partial charge is 0.252 e. The van der Waals surface area contributed by atoms with Crippen LogP contribution < -0.4 is 10.1 Å². The van der Waals surface area contributed by atoms with Gasteiger partial charge in [0.2, 0.25) is 0 Å². The molecule has 0 atom stereocenters. The van der Waals surface area contributed by atoms with Crippen LogP contribution >= 0.6 is 11.8 Å². The first-order chi connectivity index (χ1) is 17.2. The second-order valence-corrected chi connectivity index (χ2v) is 9.84. The maximum atomic E-state index is 13.2. The molecule has 2 aromatic carbocycles. The minimum atomic E-state index is 0.00581. The number of carbonyl (C=O) groups is 1. The summed E-state index contributed by atoms with van der Waals surface area (Å²) in [5, 5.41) is 3.28. The Kier molecular flexibility index (Phi) is 7.35. The molecule has 5 rings (SSSR count). The van der Waals surface area contributed by atoms with Gasteiger partial charge in [-0.1, -0.05) is 36.4 Å². The highest BCUT2D eigenvalue weighted by atomic mass is 32.2. The number of thioether (sulfide) groups is 1. The quantitative estimate of drug-likeness (QED) is 0.354. The van der Waals surface area contributed by atoms with Gasteiger partial charge in [-0.25, -0.2) is 4.98 Å². The van der Waals surface area contributed by atoms with Gasteiger partial charge in [0, 0.05) is 54.3 Å². The Morgan fingerprint density at radius 2 is 1.83 bits per heavy atom. The van der Waals surface area contributed by atoms with Crippen molar-refractivity contribution in [2.24, 2.45) is 0 Å². The van der Waals surface area contributed by atoms with Gasteiger partial charge in [-0.3, -0.25) is 9.69 Å². The number of piperidine rings is 1. The maximum absolute atomic E-state index is 13.2. The average molecular weight is 487 g/mol. The van der Waals surface area contributed by atoms with Crippen LogP contribution in [0.1, 0.15) is 34.5 Å². The molecule has 1 aliphatic heterocycles. The fraction of sp³-hybridized carbons (Fsp3) is 0.286. The molecule has 0 spiro atoms. The van der Waals surface area contributed by atoms with E-state index in [0.29, 0.717) is 5.75 Å². The lowest BCUT2D eigenvalue weighted by molar-refractivity contribution is 0.0906. The summed E-state index contributed by atoms with van der Waals surface area (Å²) in [7, 11) is 1.72. The number of para-hydroxylation sites is 1. The van der Waals surface area contributed by atoms with Crippen LogP contribution in [0.3, 0.4) is 0 Å². The molecular weight excluding hydrogens is 456 g/mol. The summed E-state index contributed by atoms with van der Waals surface area (Å²) in [6, 6.07) is 22.2. The fourth-order valence-corrected chi connectivity index (χ4v) is 5.50. The van der Waals surface area contributed by atoms with Crippen molar-refractivity contribution >= 4 is 23.3 Å².